The molecule has 9 heteroatoms. The van der Waals surface area contributed by atoms with Crippen LogP contribution in [-0.2, 0) is 7.05 Å². The van der Waals surface area contributed by atoms with Gasteiger partial charge < -0.3 is 9.64 Å². The standard InChI is InChI=1S/C19H26FN5O3/c1-13(2)24-6-5-23(12-15(24)9-20)17-8-19(28-4)18(25(26)27)7-16(17)14-10-21-22(3)11-14/h7-8,10-11,13,15H,5-6,9,12H2,1-4H3. The van der Waals surface area contributed by atoms with Crippen LogP contribution in [0, 0.1) is 10.1 Å². The van der Waals surface area contributed by atoms with Gasteiger partial charge >= 0.3 is 5.69 Å². The lowest BCUT2D eigenvalue weighted by molar-refractivity contribution is -0.385. The quantitative estimate of drug-likeness (QED) is 0.557. The monoisotopic (exact) mass is 391 g/mol. The zero-order valence-corrected chi connectivity index (χ0v) is 16.6. The number of methoxy groups -OCH3 is 1. The molecule has 2 heterocycles. The number of hydrogen-bond donors (Lipinski definition) is 0. The first-order chi connectivity index (χ1) is 13.3. The Bertz CT molecular complexity index is 854. The minimum atomic E-state index is -0.455. The fourth-order valence-electron chi connectivity index (χ4n) is 3.82. The Kier molecular flexibility index (Phi) is 5.83. The second kappa shape index (κ2) is 8.14. The number of rotatable bonds is 6. The van der Waals surface area contributed by atoms with E-state index in [2.05, 4.69) is 28.7 Å². The van der Waals surface area contributed by atoms with Crippen LogP contribution in [0.4, 0.5) is 15.8 Å². The van der Waals surface area contributed by atoms with Crippen molar-refractivity contribution in [2.45, 2.75) is 25.9 Å². The summed E-state index contributed by atoms with van der Waals surface area (Å²) in [6.45, 7) is 5.60. The van der Waals surface area contributed by atoms with Crippen molar-refractivity contribution < 1.29 is 14.1 Å². The Morgan fingerprint density at radius 3 is 2.68 bits per heavy atom. The van der Waals surface area contributed by atoms with Crippen LogP contribution in [0.1, 0.15) is 13.8 Å². The molecular weight excluding hydrogens is 365 g/mol. The van der Waals surface area contributed by atoms with Gasteiger partial charge in [-0.25, -0.2) is 4.39 Å². The van der Waals surface area contributed by atoms with E-state index in [1.54, 1.807) is 24.0 Å². The summed E-state index contributed by atoms with van der Waals surface area (Å²) in [4.78, 5) is 15.3. The molecule has 0 bridgehead atoms. The summed E-state index contributed by atoms with van der Waals surface area (Å²) in [5.41, 5.74) is 2.15. The molecule has 0 radical (unpaired) electrons. The average molecular weight is 391 g/mol. The first-order valence-electron chi connectivity index (χ1n) is 9.27. The van der Waals surface area contributed by atoms with Crippen LogP contribution < -0.4 is 9.64 Å². The highest BCUT2D eigenvalue weighted by Gasteiger charge is 2.31. The van der Waals surface area contributed by atoms with Gasteiger partial charge in [-0.15, -0.1) is 0 Å². The van der Waals surface area contributed by atoms with Gasteiger partial charge in [0.2, 0.25) is 0 Å². The van der Waals surface area contributed by atoms with Crippen LogP contribution in [0.25, 0.3) is 11.1 Å². The van der Waals surface area contributed by atoms with E-state index < -0.39 is 11.6 Å². The van der Waals surface area contributed by atoms with E-state index in [-0.39, 0.29) is 23.5 Å². The summed E-state index contributed by atoms with van der Waals surface area (Å²) >= 11 is 0. The number of aryl methyl sites for hydroxylation is 1. The van der Waals surface area contributed by atoms with Crippen molar-refractivity contribution in [1.82, 2.24) is 14.7 Å². The molecule has 1 aromatic carbocycles. The molecule has 28 heavy (non-hydrogen) atoms. The minimum absolute atomic E-state index is 0.104. The molecule has 1 aliphatic rings. The number of aromatic nitrogens is 2. The zero-order valence-electron chi connectivity index (χ0n) is 16.6. The van der Waals surface area contributed by atoms with E-state index in [1.165, 1.54) is 13.2 Å². The maximum atomic E-state index is 13.7. The van der Waals surface area contributed by atoms with E-state index in [0.29, 0.717) is 18.7 Å². The maximum Gasteiger partial charge on any atom is 0.311 e. The Hall–Kier alpha value is -2.68. The van der Waals surface area contributed by atoms with Crippen LogP contribution >= 0.6 is 0 Å². The second-order valence-electron chi connectivity index (χ2n) is 7.29. The lowest BCUT2D eigenvalue weighted by atomic mass is 10.0. The molecule has 1 aliphatic heterocycles. The van der Waals surface area contributed by atoms with E-state index in [1.807, 2.05) is 6.20 Å². The van der Waals surface area contributed by atoms with E-state index in [0.717, 1.165) is 17.8 Å². The van der Waals surface area contributed by atoms with Gasteiger partial charge in [0.1, 0.15) is 6.67 Å². The number of nitrogens with zero attached hydrogens (tertiary/aromatic N) is 5. The molecule has 0 spiro atoms. The van der Waals surface area contributed by atoms with Crippen molar-refractivity contribution in [3.63, 3.8) is 0 Å². The summed E-state index contributed by atoms with van der Waals surface area (Å²) in [6, 6.07) is 3.23. The van der Waals surface area contributed by atoms with Crippen molar-refractivity contribution in [3.8, 4) is 16.9 Å². The second-order valence-corrected chi connectivity index (χ2v) is 7.29. The third kappa shape index (κ3) is 3.80. The van der Waals surface area contributed by atoms with Crippen LogP contribution in [0.3, 0.4) is 0 Å². The first-order valence-corrected chi connectivity index (χ1v) is 9.27. The molecule has 1 unspecified atom stereocenters. The highest BCUT2D eigenvalue weighted by atomic mass is 19.1. The number of anilines is 1. The number of halogens is 1. The Balaban J connectivity index is 2.07. The molecule has 2 aromatic rings. The summed E-state index contributed by atoms with van der Waals surface area (Å²) in [5.74, 6) is 0.190. The van der Waals surface area contributed by atoms with Crippen LogP contribution in [0.2, 0.25) is 0 Å². The van der Waals surface area contributed by atoms with Gasteiger partial charge in [-0.3, -0.25) is 19.7 Å². The van der Waals surface area contributed by atoms with Crippen LogP contribution in [0.5, 0.6) is 5.75 Å². The molecule has 0 N–H and O–H groups in total. The summed E-state index contributed by atoms with van der Waals surface area (Å²) in [7, 11) is 3.21. The van der Waals surface area contributed by atoms with Crippen LogP contribution in [0.15, 0.2) is 24.5 Å². The predicted octanol–water partition coefficient (Wildman–Crippen LogP) is 2.87. The van der Waals surface area contributed by atoms with Gasteiger partial charge in [0.05, 0.1) is 24.3 Å². The number of nitro benzene ring substituents is 1. The molecule has 3 rings (SSSR count). The molecule has 0 aliphatic carbocycles. The SMILES string of the molecule is COc1cc(N2CCN(C(C)C)C(CF)C2)c(-c2cnn(C)c2)cc1[N+](=O)[O-]. The number of ether oxygens (including phenoxy) is 1. The average Bonchev–Trinajstić information content (AvgIpc) is 3.12. The smallest absolute Gasteiger partial charge is 0.311 e. The van der Waals surface area contributed by atoms with Gasteiger partial charge in [-0.1, -0.05) is 0 Å². The molecule has 1 atom stereocenters. The Morgan fingerprint density at radius 1 is 1.39 bits per heavy atom. The lowest BCUT2D eigenvalue weighted by Gasteiger charge is -2.43. The van der Waals surface area contributed by atoms with Crippen molar-refractivity contribution in [1.29, 1.82) is 0 Å². The fourth-order valence-corrected chi connectivity index (χ4v) is 3.82. The molecule has 1 fully saturated rings. The molecule has 8 nitrogen and oxygen atoms in total. The normalized spacial score (nSPS) is 17.9. The van der Waals surface area contributed by atoms with Gasteiger partial charge in [-0.2, -0.15) is 5.10 Å². The summed E-state index contributed by atoms with van der Waals surface area (Å²) < 4.78 is 20.6. The number of benzene rings is 1. The zero-order chi connectivity index (χ0) is 20.4. The first kappa shape index (κ1) is 20.1. The molecule has 1 saturated heterocycles. The number of piperazine rings is 1. The molecule has 152 valence electrons. The fraction of sp³-hybridized carbons (Fsp3) is 0.526. The van der Waals surface area contributed by atoms with Crippen molar-refractivity contribution in [3.05, 3.63) is 34.6 Å². The topological polar surface area (TPSA) is 76.7 Å². The van der Waals surface area contributed by atoms with Crippen LogP contribution in [-0.4, -0.2) is 65.1 Å². The van der Waals surface area contributed by atoms with Gasteiger partial charge in [0, 0.05) is 67.9 Å². The number of nitro groups is 1. The highest BCUT2D eigenvalue weighted by Crippen LogP contribution is 2.41. The lowest BCUT2D eigenvalue weighted by Crippen LogP contribution is -2.56. The predicted molar refractivity (Wildman–Crippen MR) is 106 cm³/mol. The van der Waals surface area contributed by atoms with Crippen molar-refractivity contribution in [2.75, 3.05) is 38.3 Å². The Morgan fingerprint density at radius 2 is 2.14 bits per heavy atom. The Labute approximate surface area is 163 Å². The molecular formula is C19H26FN5O3. The largest absolute Gasteiger partial charge is 0.490 e. The summed E-state index contributed by atoms with van der Waals surface area (Å²) in [6.07, 6.45) is 3.48. The molecule has 0 saturated carbocycles. The summed E-state index contributed by atoms with van der Waals surface area (Å²) in [5, 5.41) is 15.7. The third-order valence-electron chi connectivity index (χ3n) is 5.22. The molecule has 0 amide bonds. The number of alkyl halides is 1. The molecule has 1 aromatic heterocycles. The minimum Gasteiger partial charge on any atom is -0.490 e. The van der Waals surface area contributed by atoms with Gasteiger partial charge in [0.15, 0.2) is 5.75 Å². The van der Waals surface area contributed by atoms with Crippen molar-refractivity contribution >= 4 is 11.4 Å². The van der Waals surface area contributed by atoms with Gasteiger partial charge in [0.25, 0.3) is 0 Å². The van der Waals surface area contributed by atoms with E-state index >= 15 is 0 Å². The maximum absolute atomic E-state index is 13.7. The highest BCUT2D eigenvalue weighted by molar-refractivity contribution is 5.82. The van der Waals surface area contributed by atoms with E-state index in [9.17, 15) is 14.5 Å². The third-order valence-corrected chi connectivity index (χ3v) is 5.22. The van der Waals surface area contributed by atoms with Gasteiger partial charge in [-0.05, 0) is 13.8 Å². The number of hydrogen-bond acceptors (Lipinski definition) is 6. The van der Waals surface area contributed by atoms with E-state index in [4.69, 9.17) is 4.74 Å². The van der Waals surface area contributed by atoms with Crippen molar-refractivity contribution in [2.24, 2.45) is 7.05 Å².